The van der Waals surface area contributed by atoms with Gasteiger partial charge in [-0.1, -0.05) is 25.3 Å². The molecule has 3 aromatic heterocycles. The summed E-state index contributed by atoms with van der Waals surface area (Å²) in [6.45, 7) is -0.0856. The number of ether oxygens (including phenoxy) is 1. The normalized spacial score (nSPS) is 20.8. The van der Waals surface area contributed by atoms with E-state index in [0.717, 1.165) is 37.2 Å². The van der Waals surface area contributed by atoms with Crippen LogP contribution in [0, 0.1) is 5.82 Å². The van der Waals surface area contributed by atoms with Gasteiger partial charge in [-0.2, -0.15) is 5.10 Å². The fourth-order valence-electron chi connectivity index (χ4n) is 6.58. The van der Waals surface area contributed by atoms with E-state index in [2.05, 4.69) is 20.4 Å². The summed E-state index contributed by atoms with van der Waals surface area (Å²) >= 11 is 0. The molecule has 216 valence electrons. The molecule has 2 fully saturated rings. The van der Waals surface area contributed by atoms with E-state index in [9.17, 15) is 14.4 Å². The highest BCUT2D eigenvalue weighted by atomic mass is 19.1. The van der Waals surface area contributed by atoms with Crippen LogP contribution >= 0.6 is 0 Å². The number of benzene rings is 1. The van der Waals surface area contributed by atoms with Gasteiger partial charge >= 0.3 is 0 Å². The number of carbonyl (C=O) groups is 3. The van der Waals surface area contributed by atoms with Crippen molar-refractivity contribution in [3.05, 3.63) is 65.4 Å². The van der Waals surface area contributed by atoms with Crippen LogP contribution in [0.5, 0.6) is 5.75 Å². The average molecular weight is 573 g/mol. The summed E-state index contributed by atoms with van der Waals surface area (Å²) in [6.07, 6.45) is 8.95. The van der Waals surface area contributed by atoms with Crippen molar-refractivity contribution in [2.45, 2.75) is 56.5 Å². The number of hydrogen-bond donors (Lipinski definition) is 2. The maximum Gasteiger partial charge on any atom is 0.257 e. The van der Waals surface area contributed by atoms with Gasteiger partial charge in [0.1, 0.15) is 22.5 Å². The lowest BCUT2D eigenvalue weighted by Crippen LogP contribution is -2.46. The number of pyridine rings is 1. The quantitative estimate of drug-likeness (QED) is 0.316. The Labute approximate surface area is 240 Å². The molecule has 0 radical (unpaired) electrons. The number of rotatable bonds is 7. The Morgan fingerprint density at radius 2 is 2.00 bits per heavy atom. The van der Waals surface area contributed by atoms with Crippen LogP contribution in [0.15, 0.2) is 47.1 Å². The number of nitrogens with one attached hydrogen (secondary N) is 2. The van der Waals surface area contributed by atoms with Crippen LogP contribution in [0.25, 0.3) is 11.1 Å². The molecule has 0 unspecified atom stereocenters. The highest BCUT2D eigenvalue weighted by Crippen LogP contribution is 2.41. The molecule has 1 aromatic carbocycles. The first-order chi connectivity index (χ1) is 20.4. The second-order valence-electron chi connectivity index (χ2n) is 11.2. The third kappa shape index (κ3) is 4.12. The van der Waals surface area contributed by atoms with Crippen LogP contribution in [0.1, 0.15) is 60.2 Å². The summed E-state index contributed by atoms with van der Waals surface area (Å²) in [6, 6.07) is 8.71. The third-order valence-electron chi connectivity index (χ3n) is 8.66. The maximum atomic E-state index is 15.0. The molecule has 3 aliphatic rings. The molecule has 1 aliphatic carbocycles. The van der Waals surface area contributed by atoms with E-state index in [1.165, 1.54) is 24.5 Å². The minimum atomic E-state index is -1.50. The minimum absolute atomic E-state index is 0.0377. The summed E-state index contributed by atoms with van der Waals surface area (Å²) < 4.78 is 26.2. The van der Waals surface area contributed by atoms with Gasteiger partial charge < -0.3 is 19.0 Å². The molecule has 1 atom stereocenters. The molecule has 12 heteroatoms. The molecule has 1 saturated heterocycles. The van der Waals surface area contributed by atoms with E-state index < -0.39 is 29.0 Å². The van der Waals surface area contributed by atoms with Crippen molar-refractivity contribution in [1.29, 1.82) is 0 Å². The molecule has 42 heavy (non-hydrogen) atoms. The Morgan fingerprint density at radius 3 is 2.71 bits per heavy atom. The van der Waals surface area contributed by atoms with Gasteiger partial charge in [0.2, 0.25) is 11.8 Å². The zero-order valence-corrected chi connectivity index (χ0v) is 23.0. The molecule has 7 rings (SSSR count). The smallest absolute Gasteiger partial charge is 0.257 e. The lowest BCUT2D eigenvalue weighted by Gasteiger charge is -2.34. The largest absolute Gasteiger partial charge is 0.494 e. The van der Waals surface area contributed by atoms with Crippen LogP contribution < -0.4 is 15.0 Å². The first-order valence-electron chi connectivity index (χ1n) is 14.1. The molecule has 3 amide bonds. The Hall–Kier alpha value is -4.74. The Bertz CT molecular complexity index is 1710. The minimum Gasteiger partial charge on any atom is -0.494 e. The van der Waals surface area contributed by atoms with Gasteiger partial charge in [0.25, 0.3) is 5.91 Å². The standard InChI is InChI=1S/C30H29FN6O5/c1-41-22-8-7-17-15-36(28(39)26(17)27(22)31)16-30(12-25(38)35-29(30)40)23-11-20-21(42-23)9-10-24(34-20)37(19-13-32-33-14-19)18-5-3-2-4-6-18/h7-11,13-14,18H,2-6,12,15-16H2,1H3,(H,32,33)(H,35,38,40)/t30-/m1/s1. The predicted octanol–water partition coefficient (Wildman–Crippen LogP) is 4.11. The second kappa shape index (κ2) is 9.97. The fraction of sp³-hybridized carbons (Fsp3) is 0.367. The molecule has 11 nitrogen and oxygen atoms in total. The summed E-state index contributed by atoms with van der Waals surface area (Å²) in [5, 5.41) is 9.40. The van der Waals surface area contributed by atoms with E-state index in [-0.39, 0.29) is 42.6 Å². The molecule has 0 bridgehead atoms. The first-order valence-corrected chi connectivity index (χ1v) is 14.1. The van der Waals surface area contributed by atoms with Gasteiger partial charge in [0, 0.05) is 31.4 Å². The number of anilines is 2. The van der Waals surface area contributed by atoms with Gasteiger partial charge in [-0.05, 0) is 36.6 Å². The second-order valence-corrected chi connectivity index (χ2v) is 11.2. The van der Waals surface area contributed by atoms with Crippen LogP contribution in [0.2, 0.25) is 0 Å². The maximum absolute atomic E-state index is 15.0. The van der Waals surface area contributed by atoms with Crippen LogP contribution in [-0.4, -0.2) is 57.5 Å². The van der Waals surface area contributed by atoms with Crippen LogP contribution in [0.4, 0.5) is 15.9 Å². The number of furan rings is 1. The van der Waals surface area contributed by atoms with Gasteiger partial charge in [-0.15, -0.1) is 0 Å². The van der Waals surface area contributed by atoms with Crippen LogP contribution in [0.3, 0.4) is 0 Å². The molecule has 5 heterocycles. The highest BCUT2D eigenvalue weighted by Gasteiger charge is 2.53. The van der Waals surface area contributed by atoms with Gasteiger partial charge in [0.15, 0.2) is 17.1 Å². The Balaban J connectivity index is 1.25. The van der Waals surface area contributed by atoms with Gasteiger partial charge in [-0.25, -0.2) is 9.37 Å². The molecular formula is C30H29FN6O5. The van der Waals surface area contributed by atoms with Crippen molar-refractivity contribution in [3.8, 4) is 5.75 Å². The number of aromatic nitrogens is 3. The van der Waals surface area contributed by atoms with Crippen molar-refractivity contribution in [3.63, 3.8) is 0 Å². The monoisotopic (exact) mass is 572 g/mol. The predicted molar refractivity (Wildman–Crippen MR) is 149 cm³/mol. The lowest BCUT2D eigenvalue weighted by atomic mass is 9.82. The average Bonchev–Trinajstić information content (AvgIpc) is 3.77. The summed E-state index contributed by atoms with van der Waals surface area (Å²) in [5.41, 5.74) is 0.770. The molecule has 1 saturated carbocycles. The lowest BCUT2D eigenvalue weighted by molar-refractivity contribution is -0.127. The zero-order valence-electron chi connectivity index (χ0n) is 23.0. The van der Waals surface area contributed by atoms with Gasteiger partial charge in [-0.3, -0.25) is 24.8 Å². The SMILES string of the molecule is COc1ccc2c(c1F)C(=O)N(C[C@@]1(c3cc4nc(N(c5cn[nH]c5)C5CCCCC5)ccc4o3)CC(=O)NC1=O)C2. The molecular weight excluding hydrogens is 543 g/mol. The molecule has 2 aliphatic heterocycles. The number of halogens is 1. The summed E-state index contributed by atoms with van der Waals surface area (Å²) in [4.78, 5) is 47.7. The number of methoxy groups -OCH3 is 1. The van der Waals surface area contributed by atoms with E-state index in [4.69, 9.17) is 14.1 Å². The number of H-pyrrole nitrogens is 1. The molecule has 0 spiro atoms. The van der Waals surface area contributed by atoms with E-state index in [1.54, 1.807) is 24.4 Å². The number of nitrogens with zero attached hydrogens (tertiary/aromatic N) is 4. The number of amides is 3. The number of fused-ring (bicyclic) bond motifs is 2. The third-order valence-corrected chi connectivity index (χ3v) is 8.66. The number of hydrogen-bond acceptors (Lipinski definition) is 8. The fourth-order valence-corrected chi connectivity index (χ4v) is 6.58. The zero-order chi connectivity index (χ0) is 29.0. The number of aromatic amines is 1. The highest BCUT2D eigenvalue weighted by molar-refractivity contribution is 6.10. The van der Waals surface area contributed by atoms with Crippen molar-refractivity contribution in [2.24, 2.45) is 0 Å². The van der Waals surface area contributed by atoms with E-state index in [1.807, 2.05) is 12.3 Å². The van der Waals surface area contributed by atoms with E-state index in [0.29, 0.717) is 16.7 Å². The van der Waals surface area contributed by atoms with Crippen molar-refractivity contribution in [1.82, 2.24) is 25.4 Å². The number of imide groups is 1. The topological polar surface area (TPSA) is 134 Å². The molecule has 2 N–H and O–H groups in total. The summed E-state index contributed by atoms with van der Waals surface area (Å²) in [5.74, 6) is -1.47. The van der Waals surface area contributed by atoms with E-state index >= 15 is 4.39 Å². The Morgan fingerprint density at radius 1 is 1.17 bits per heavy atom. The Kier molecular flexibility index (Phi) is 6.21. The number of carbonyl (C=O) groups excluding carboxylic acids is 3. The van der Waals surface area contributed by atoms with Crippen molar-refractivity contribution >= 4 is 40.3 Å². The van der Waals surface area contributed by atoms with Gasteiger partial charge in [0.05, 0.1) is 31.0 Å². The first kappa shape index (κ1) is 26.2. The molecule has 4 aromatic rings. The van der Waals surface area contributed by atoms with Crippen LogP contribution in [-0.2, 0) is 21.5 Å². The summed E-state index contributed by atoms with van der Waals surface area (Å²) in [7, 11) is 1.33. The van der Waals surface area contributed by atoms with Crippen molar-refractivity contribution < 1.29 is 27.9 Å². The van der Waals surface area contributed by atoms with Crippen molar-refractivity contribution in [2.75, 3.05) is 18.6 Å².